The van der Waals surface area contributed by atoms with E-state index in [0.29, 0.717) is 11.8 Å². The van der Waals surface area contributed by atoms with Gasteiger partial charge in [0.05, 0.1) is 5.69 Å². The van der Waals surface area contributed by atoms with Crippen molar-refractivity contribution in [2.24, 2.45) is 5.92 Å². The van der Waals surface area contributed by atoms with Gasteiger partial charge in [-0.1, -0.05) is 29.8 Å². The normalized spacial score (nSPS) is 20.6. The van der Waals surface area contributed by atoms with E-state index >= 15 is 0 Å². The molecule has 142 valence electrons. The number of rotatable bonds is 4. The summed E-state index contributed by atoms with van der Waals surface area (Å²) in [7, 11) is 2.21. The summed E-state index contributed by atoms with van der Waals surface area (Å²) in [4.78, 5) is 7.30. The molecular weight excluding hydrogens is 356 g/mol. The van der Waals surface area contributed by atoms with Crippen LogP contribution in [-0.4, -0.2) is 41.7 Å². The fourth-order valence-corrected chi connectivity index (χ4v) is 4.80. The van der Waals surface area contributed by atoms with Gasteiger partial charge in [0.15, 0.2) is 0 Å². The average molecular weight is 383 g/mol. The molecule has 2 aromatic rings. The zero-order valence-corrected chi connectivity index (χ0v) is 16.6. The Balaban J connectivity index is 1.85. The van der Waals surface area contributed by atoms with Crippen LogP contribution in [0.5, 0.6) is 0 Å². The van der Waals surface area contributed by atoms with Crippen molar-refractivity contribution in [3.63, 3.8) is 0 Å². The predicted molar refractivity (Wildman–Crippen MR) is 112 cm³/mol. The number of aromatic nitrogens is 1. The summed E-state index contributed by atoms with van der Waals surface area (Å²) in [5.41, 5.74) is 6.23. The highest BCUT2D eigenvalue weighted by Crippen LogP contribution is 2.45. The lowest BCUT2D eigenvalue weighted by atomic mass is 9.76. The first-order valence-electron chi connectivity index (χ1n) is 9.92. The molecule has 1 aliphatic carbocycles. The summed E-state index contributed by atoms with van der Waals surface area (Å²) in [5, 5.41) is 10.1. The van der Waals surface area contributed by atoms with Gasteiger partial charge in [-0.05, 0) is 92.2 Å². The Morgan fingerprint density at radius 3 is 2.81 bits per heavy atom. The molecule has 1 aromatic heterocycles. The molecule has 3 nitrogen and oxygen atoms in total. The molecule has 1 fully saturated rings. The van der Waals surface area contributed by atoms with Crippen LogP contribution in [0.1, 0.15) is 54.0 Å². The van der Waals surface area contributed by atoms with E-state index in [-0.39, 0.29) is 6.61 Å². The Labute approximate surface area is 166 Å². The van der Waals surface area contributed by atoms with Crippen LogP contribution in [-0.2, 0) is 0 Å². The first-order valence-corrected chi connectivity index (χ1v) is 10.3. The second-order valence-electron chi connectivity index (χ2n) is 7.82. The van der Waals surface area contributed by atoms with Crippen molar-refractivity contribution in [3.8, 4) is 0 Å². The number of nitrogens with zero attached hydrogens (tertiary/aromatic N) is 2. The molecule has 0 amide bonds. The smallest absolute Gasteiger partial charge is 0.0556 e. The Hall–Kier alpha value is -1.68. The Morgan fingerprint density at radius 1 is 1.22 bits per heavy atom. The number of likely N-dealkylation sites (tertiary alicyclic amines) is 1. The summed E-state index contributed by atoms with van der Waals surface area (Å²) < 4.78 is 0. The molecule has 1 aliphatic heterocycles. The second-order valence-corrected chi connectivity index (χ2v) is 8.26. The lowest BCUT2D eigenvalue weighted by Gasteiger charge is -2.35. The Kier molecular flexibility index (Phi) is 5.63. The largest absolute Gasteiger partial charge is 0.396 e. The molecule has 0 bridgehead atoms. The molecule has 1 unspecified atom stereocenters. The van der Waals surface area contributed by atoms with Crippen molar-refractivity contribution in [2.75, 3.05) is 26.7 Å². The van der Waals surface area contributed by atoms with E-state index in [4.69, 9.17) is 16.6 Å². The minimum absolute atomic E-state index is 0.202. The van der Waals surface area contributed by atoms with Crippen LogP contribution >= 0.6 is 11.6 Å². The lowest BCUT2D eigenvalue weighted by Crippen LogP contribution is -2.33. The highest BCUT2D eigenvalue weighted by atomic mass is 35.5. The predicted octanol–water partition coefficient (Wildman–Crippen LogP) is 4.84. The van der Waals surface area contributed by atoms with Gasteiger partial charge in [0.2, 0.25) is 0 Å². The number of aliphatic hydroxyl groups is 1. The highest BCUT2D eigenvalue weighted by molar-refractivity contribution is 6.30. The molecule has 4 heteroatoms. The summed E-state index contributed by atoms with van der Waals surface area (Å²) >= 11 is 6.35. The number of piperidine rings is 1. The SMILES string of the molecule is CN1CCC(C2c3ccc(Cl)cc3C=C(CCCO)c3cccnc32)CC1. The van der Waals surface area contributed by atoms with Gasteiger partial charge in [-0.15, -0.1) is 0 Å². The van der Waals surface area contributed by atoms with Crippen molar-refractivity contribution < 1.29 is 5.11 Å². The summed E-state index contributed by atoms with van der Waals surface area (Å²) in [5.74, 6) is 0.880. The van der Waals surface area contributed by atoms with E-state index in [2.05, 4.69) is 36.2 Å². The minimum atomic E-state index is 0.202. The molecule has 27 heavy (non-hydrogen) atoms. The van der Waals surface area contributed by atoms with Crippen molar-refractivity contribution in [1.29, 1.82) is 0 Å². The molecule has 1 atom stereocenters. The first-order chi connectivity index (χ1) is 13.2. The number of pyridine rings is 1. The molecule has 0 saturated carbocycles. The van der Waals surface area contributed by atoms with Crippen molar-refractivity contribution >= 4 is 23.3 Å². The topological polar surface area (TPSA) is 36.4 Å². The van der Waals surface area contributed by atoms with Crippen LogP contribution in [0.2, 0.25) is 5.02 Å². The third-order valence-corrected chi connectivity index (χ3v) is 6.27. The molecule has 2 heterocycles. The number of allylic oxidation sites excluding steroid dienone is 1. The van der Waals surface area contributed by atoms with Crippen LogP contribution in [0.4, 0.5) is 0 Å². The van der Waals surface area contributed by atoms with Gasteiger partial charge < -0.3 is 10.0 Å². The van der Waals surface area contributed by atoms with E-state index in [1.165, 1.54) is 40.8 Å². The van der Waals surface area contributed by atoms with Gasteiger partial charge in [-0.3, -0.25) is 4.98 Å². The van der Waals surface area contributed by atoms with Crippen LogP contribution in [0, 0.1) is 5.92 Å². The fraction of sp³-hybridized carbons (Fsp3) is 0.435. The van der Waals surface area contributed by atoms with Gasteiger partial charge in [0, 0.05) is 23.7 Å². The van der Waals surface area contributed by atoms with Crippen molar-refractivity contribution in [2.45, 2.75) is 31.6 Å². The second kappa shape index (κ2) is 8.14. The Morgan fingerprint density at radius 2 is 2.04 bits per heavy atom. The molecule has 2 aliphatic rings. The number of hydrogen-bond acceptors (Lipinski definition) is 3. The zero-order chi connectivity index (χ0) is 18.8. The summed E-state index contributed by atoms with van der Waals surface area (Å²) in [6.07, 6.45) is 8.17. The van der Waals surface area contributed by atoms with Crippen molar-refractivity contribution in [3.05, 3.63) is 63.9 Å². The van der Waals surface area contributed by atoms with E-state index in [1.807, 2.05) is 18.3 Å². The summed E-state index contributed by atoms with van der Waals surface area (Å²) in [6.45, 7) is 2.47. The highest BCUT2D eigenvalue weighted by Gasteiger charge is 2.33. The van der Waals surface area contributed by atoms with Crippen LogP contribution < -0.4 is 0 Å². The van der Waals surface area contributed by atoms with E-state index in [9.17, 15) is 5.11 Å². The third kappa shape index (κ3) is 3.82. The monoisotopic (exact) mass is 382 g/mol. The number of fused-ring (bicyclic) bond motifs is 2. The maximum atomic E-state index is 9.37. The van der Waals surface area contributed by atoms with Crippen LogP contribution in [0.25, 0.3) is 11.6 Å². The van der Waals surface area contributed by atoms with Crippen LogP contribution in [0.15, 0.2) is 36.5 Å². The van der Waals surface area contributed by atoms with E-state index in [0.717, 1.165) is 31.0 Å². The quantitative estimate of drug-likeness (QED) is 0.822. The van der Waals surface area contributed by atoms with E-state index in [1.54, 1.807) is 0 Å². The van der Waals surface area contributed by atoms with Crippen molar-refractivity contribution in [1.82, 2.24) is 9.88 Å². The summed E-state index contributed by atoms with van der Waals surface area (Å²) in [6, 6.07) is 10.5. The molecule has 1 saturated heterocycles. The van der Waals surface area contributed by atoms with E-state index < -0.39 is 0 Å². The van der Waals surface area contributed by atoms with Gasteiger partial charge in [-0.2, -0.15) is 0 Å². The zero-order valence-electron chi connectivity index (χ0n) is 15.9. The number of halogens is 1. The molecule has 0 spiro atoms. The number of aliphatic hydroxyl groups excluding tert-OH is 1. The lowest BCUT2D eigenvalue weighted by molar-refractivity contribution is 0.206. The van der Waals surface area contributed by atoms with Gasteiger partial charge in [0.25, 0.3) is 0 Å². The minimum Gasteiger partial charge on any atom is -0.396 e. The molecule has 1 aromatic carbocycles. The molecule has 4 rings (SSSR count). The maximum absolute atomic E-state index is 9.37. The molecular formula is C23H27ClN2O. The molecule has 1 N–H and O–H groups in total. The number of benzene rings is 1. The van der Waals surface area contributed by atoms with Gasteiger partial charge in [0.1, 0.15) is 0 Å². The average Bonchev–Trinajstić information content (AvgIpc) is 2.81. The third-order valence-electron chi connectivity index (χ3n) is 6.03. The first kappa shape index (κ1) is 18.7. The maximum Gasteiger partial charge on any atom is 0.0556 e. The van der Waals surface area contributed by atoms with Gasteiger partial charge >= 0.3 is 0 Å². The fourth-order valence-electron chi connectivity index (χ4n) is 4.62. The Bertz CT molecular complexity index is 840. The standard InChI is InChI=1S/C23H27ClN2O/c1-26-11-8-16(9-12-26)22-20-7-6-19(24)15-18(20)14-17(4-3-13-27)21-5-2-10-25-23(21)22/h2,5-7,10,14-16,22,27H,3-4,8-9,11-13H2,1H3. The van der Waals surface area contributed by atoms with Gasteiger partial charge in [-0.25, -0.2) is 0 Å². The molecule has 0 radical (unpaired) electrons. The van der Waals surface area contributed by atoms with Crippen LogP contribution in [0.3, 0.4) is 0 Å². The number of hydrogen-bond donors (Lipinski definition) is 1.